The van der Waals surface area contributed by atoms with E-state index in [9.17, 15) is 15.0 Å². The average Bonchev–Trinajstić information content (AvgIpc) is 2.50. The van der Waals surface area contributed by atoms with Crippen molar-refractivity contribution in [2.24, 2.45) is 0 Å². The average molecular weight is 280 g/mol. The topological polar surface area (TPSA) is 70.7 Å². The van der Waals surface area contributed by atoms with E-state index in [0.29, 0.717) is 5.76 Å². The summed E-state index contributed by atoms with van der Waals surface area (Å²) in [5.41, 5.74) is 0.535. The van der Waals surface area contributed by atoms with Crippen LogP contribution in [0.4, 0.5) is 0 Å². The third kappa shape index (κ3) is 2.51. The van der Waals surface area contributed by atoms with Crippen LogP contribution >= 0.6 is 0 Å². The molecule has 1 heterocycles. The predicted octanol–water partition coefficient (Wildman–Crippen LogP) is 3.37. The van der Waals surface area contributed by atoms with Gasteiger partial charge in [0.05, 0.1) is 0 Å². The zero-order valence-corrected chi connectivity index (χ0v) is 11.0. The lowest BCUT2D eigenvalue weighted by Gasteiger charge is -2.03. The van der Waals surface area contributed by atoms with Gasteiger partial charge in [0, 0.05) is 6.07 Å². The molecule has 0 aliphatic carbocycles. The molecule has 0 atom stereocenters. The lowest BCUT2D eigenvalue weighted by Crippen LogP contribution is -2.00. The molecule has 4 nitrogen and oxygen atoms in total. The van der Waals surface area contributed by atoms with Crippen LogP contribution in [0.1, 0.15) is 11.3 Å². The molecule has 3 aromatic rings. The maximum atomic E-state index is 12.0. The normalized spacial score (nSPS) is 11.2. The van der Waals surface area contributed by atoms with E-state index in [2.05, 4.69) is 0 Å². The summed E-state index contributed by atoms with van der Waals surface area (Å²) < 4.78 is 5.48. The fourth-order valence-electron chi connectivity index (χ4n) is 2.08. The molecular formula is C17H12O4. The highest BCUT2D eigenvalue weighted by atomic mass is 16.4. The van der Waals surface area contributed by atoms with E-state index in [0.717, 1.165) is 5.56 Å². The van der Waals surface area contributed by atoms with Crippen molar-refractivity contribution in [1.82, 2.24) is 0 Å². The summed E-state index contributed by atoms with van der Waals surface area (Å²) in [6.07, 6.45) is 3.43. The van der Waals surface area contributed by atoms with Crippen LogP contribution < -0.4 is 5.43 Å². The van der Waals surface area contributed by atoms with E-state index in [4.69, 9.17) is 4.42 Å². The molecule has 21 heavy (non-hydrogen) atoms. The molecule has 0 spiro atoms. The number of fused-ring (bicyclic) bond motifs is 1. The molecule has 104 valence electrons. The van der Waals surface area contributed by atoms with E-state index >= 15 is 0 Å². The van der Waals surface area contributed by atoms with E-state index in [1.807, 2.05) is 30.3 Å². The van der Waals surface area contributed by atoms with Crippen molar-refractivity contribution < 1.29 is 14.6 Å². The summed E-state index contributed by atoms with van der Waals surface area (Å²) in [7, 11) is 0. The summed E-state index contributed by atoms with van der Waals surface area (Å²) in [5.74, 6) is -0.0951. The molecule has 0 fully saturated rings. The van der Waals surface area contributed by atoms with E-state index in [1.165, 1.54) is 18.2 Å². The largest absolute Gasteiger partial charge is 0.507 e. The molecule has 3 rings (SSSR count). The van der Waals surface area contributed by atoms with Gasteiger partial charge in [-0.1, -0.05) is 36.4 Å². The Morgan fingerprint density at radius 3 is 2.38 bits per heavy atom. The van der Waals surface area contributed by atoms with Crippen molar-refractivity contribution in [2.75, 3.05) is 0 Å². The maximum absolute atomic E-state index is 12.0. The summed E-state index contributed by atoms with van der Waals surface area (Å²) in [4.78, 5) is 12.0. The molecule has 0 aliphatic heterocycles. The van der Waals surface area contributed by atoms with Crippen LogP contribution in [0, 0.1) is 0 Å². The van der Waals surface area contributed by atoms with Gasteiger partial charge in [0.2, 0.25) is 0 Å². The molecule has 0 radical (unpaired) electrons. The molecule has 0 bridgehead atoms. The smallest absolute Gasteiger partial charge is 0.197 e. The van der Waals surface area contributed by atoms with Gasteiger partial charge in [-0.15, -0.1) is 0 Å². The van der Waals surface area contributed by atoms with Crippen molar-refractivity contribution in [2.45, 2.75) is 0 Å². The minimum atomic E-state index is -0.405. The first kappa shape index (κ1) is 13.0. The monoisotopic (exact) mass is 280 g/mol. The Bertz CT molecular complexity index is 876. The fourth-order valence-corrected chi connectivity index (χ4v) is 2.08. The van der Waals surface area contributed by atoms with Crippen molar-refractivity contribution >= 4 is 23.1 Å². The standard InChI is InChI=1S/C17H12O4/c18-13-8-9-14(19)17-16(13)15(20)10-12(21-17)7-6-11-4-2-1-3-5-11/h1-10,18-19H. The minimum absolute atomic E-state index is 0.0183. The van der Waals surface area contributed by atoms with E-state index in [-0.39, 0.29) is 22.5 Å². The Kier molecular flexibility index (Phi) is 3.20. The van der Waals surface area contributed by atoms with Gasteiger partial charge in [0.15, 0.2) is 16.8 Å². The van der Waals surface area contributed by atoms with Gasteiger partial charge >= 0.3 is 0 Å². The first-order valence-electron chi connectivity index (χ1n) is 6.37. The highest BCUT2D eigenvalue weighted by Crippen LogP contribution is 2.30. The lowest BCUT2D eigenvalue weighted by atomic mass is 10.1. The molecule has 1 aromatic heterocycles. The Balaban J connectivity index is 2.11. The first-order valence-corrected chi connectivity index (χ1v) is 6.37. The predicted molar refractivity (Wildman–Crippen MR) is 81.2 cm³/mol. The highest BCUT2D eigenvalue weighted by Gasteiger charge is 2.11. The second-order valence-corrected chi connectivity index (χ2v) is 4.56. The molecule has 0 saturated heterocycles. The van der Waals surface area contributed by atoms with Crippen LogP contribution in [0.5, 0.6) is 11.5 Å². The summed E-state index contributed by atoms with van der Waals surface area (Å²) in [6, 6.07) is 13.4. The van der Waals surface area contributed by atoms with Crippen LogP contribution in [0.15, 0.2) is 57.7 Å². The Labute approximate surface area is 120 Å². The van der Waals surface area contributed by atoms with Crippen molar-refractivity contribution in [3.8, 4) is 11.5 Å². The van der Waals surface area contributed by atoms with Gasteiger partial charge in [-0.2, -0.15) is 0 Å². The van der Waals surface area contributed by atoms with E-state index in [1.54, 1.807) is 12.2 Å². The Morgan fingerprint density at radius 1 is 0.905 bits per heavy atom. The van der Waals surface area contributed by atoms with Crippen LogP contribution in [0.25, 0.3) is 23.1 Å². The SMILES string of the molecule is O=c1cc(C=Cc2ccccc2)oc2c(O)ccc(O)c12. The molecule has 0 unspecified atom stereocenters. The van der Waals surface area contributed by atoms with Gasteiger partial charge in [-0.05, 0) is 23.8 Å². The van der Waals surface area contributed by atoms with Crippen molar-refractivity contribution in [1.29, 1.82) is 0 Å². The van der Waals surface area contributed by atoms with Gasteiger partial charge in [-0.25, -0.2) is 0 Å². The Hall–Kier alpha value is -3.01. The summed E-state index contributed by atoms with van der Waals surface area (Å²) in [6.45, 7) is 0. The number of benzene rings is 2. The highest BCUT2D eigenvalue weighted by molar-refractivity contribution is 5.88. The summed E-state index contributed by atoms with van der Waals surface area (Å²) >= 11 is 0. The molecule has 0 amide bonds. The third-order valence-corrected chi connectivity index (χ3v) is 3.09. The fraction of sp³-hybridized carbons (Fsp3) is 0. The quantitative estimate of drug-likeness (QED) is 0.706. The van der Waals surface area contributed by atoms with Crippen LogP contribution in [0.2, 0.25) is 0 Å². The zero-order valence-electron chi connectivity index (χ0n) is 11.0. The van der Waals surface area contributed by atoms with Gasteiger partial charge < -0.3 is 14.6 Å². The third-order valence-electron chi connectivity index (χ3n) is 3.09. The number of phenols is 2. The van der Waals surface area contributed by atoms with E-state index < -0.39 is 5.43 Å². The molecule has 2 N–H and O–H groups in total. The minimum Gasteiger partial charge on any atom is -0.507 e. The van der Waals surface area contributed by atoms with Crippen LogP contribution in [-0.2, 0) is 0 Å². The number of hydrogen-bond donors (Lipinski definition) is 2. The van der Waals surface area contributed by atoms with Crippen LogP contribution in [0.3, 0.4) is 0 Å². The number of rotatable bonds is 2. The van der Waals surface area contributed by atoms with Gasteiger partial charge in [-0.3, -0.25) is 4.79 Å². The van der Waals surface area contributed by atoms with Crippen molar-refractivity contribution in [3.63, 3.8) is 0 Å². The molecule has 4 heteroatoms. The zero-order chi connectivity index (χ0) is 14.8. The second-order valence-electron chi connectivity index (χ2n) is 4.56. The maximum Gasteiger partial charge on any atom is 0.197 e. The molecule has 0 saturated carbocycles. The molecular weight excluding hydrogens is 268 g/mol. The van der Waals surface area contributed by atoms with Crippen LogP contribution in [-0.4, -0.2) is 10.2 Å². The van der Waals surface area contributed by atoms with Gasteiger partial charge in [0.1, 0.15) is 16.9 Å². The lowest BCUT2D eigenvalue weighted by molar-refractivity contribution is 0.452. The number of aromatic hydroxyl groups is 2. The Morgan fingerprint density at radius 2 is 1.62 bits per heavy atom. The summed E-state index contributed by atoms with van der Waals surface area (Å²) in [5, 5.41) is 19.4. The van der Waals surface area contributed by atoms with Gasteiger partial charge in [0.25, 0.3) is 0 Å². The molecule has 0 aliphatic rings. The number of hydrogen-bond acceptors (Lipinski definition) is 4. The molecule has 2 aromatic carbocycles. The second kappa shape index (κ2) is 5.17. The first-order chi connectivity index (χ1) is 10.1. The number of phenolic OH excluding ortho intramolecular Hbond substituents is 2. The van der Waals surface area contributed by atoms with Crippen molar-refractivity contribution in [3.05, 3.63) is 70.1 Å².